The average Bonchev–Trinajstić information content (AvgIpc) is 2.07. The molecule has 1 rings (SSSR count). The molecule has 0 fully saturated rings. The van der Waals surface area contributed by atoms with Crippen molar-refractivity contribution in [1.82, 2.24) is 0 Å². The van der Waals surface area contributed by atoms with Gasteiger partial charge in [0.25, 0.3) is 0 Å². The first kappa shape index (κ1) is 12.2. The largest absolute Gasteiger partial charge is 0.489 e. The van der Waals surface area contributed by atoms with Gasteiger partial charge in [-0.25, -0.2) is 0 Å². The van der Waals surface area contributed by atoms with E-state index in [2.05, 4.69) is 31.9 Å². The second-order valence-electron chi connectivity index (χ2n) is 2.64. The first-order valence-electron chi connectivity index (χ1n) is 3.64. The molecule has 0 spiro atoms. The lowest BCUT2D eigenvalue weighted by atomic mass is 9.75. The highest BCUT2D eigenvalue weighted by Gasteiger charge is 2.21. The van der Waals surface area contributed by atoms with Crippen molar-refractivity contribution in [2.45, 2.75) is 0 Å². The van der Waals surface area contributed by atoms with Gasteiger partial charge in [-0.05, 0) is 23.1 Å². The molecule has 0 aromatic heterocycles. The van der Waals surface area contributed by atoms with Crippen LogP contribution in [-0.4, -0.2) is 34.3 Å². The molecule has 0 aliphatic carbocycles. The third kappa shape index (κ3) is 2.59. The van der Waals surface area contributed by atoms with Crippen molar-refractivity contribution in [2.75, 3.05) is 0 Å². The number of halogens is 2. The van der Waals surface area contributed by atoms with Crippen LogP contribution in [0.3, 0.4) is 0 Å². The van der Waals surface area contributed by atoms with Crippen LogP contribution in [-0.2, 0) is 0 Å². The highest BCUT2D eigenvalue weighted by molar-refractivity contribution is 9.11. The lowest BCUT2D eigenvalue weighted by Gasteiger charge is -2.08. The maximum atomic E-state index is 8.94. The average molecular weight is 324 g/mol. The van der Waals surface area contributed by atoms with Gasteiger partial charge >= 0.3 is 14.2 Å². The molecular weight excluding hydrogens is 317 g/mol. The van der Waals surface area contributed by atoms with E-state index in [1.165, 1.54) is 12.1 Å². The van der Waals surface area contributed by atoms with E-state index >= 15 is 0 Å². The van der Waals surface area contributed by atoms with Crippen LogP contribution in [0.2, 0.25) is 0 Å². The van der Waals surface area contributed by atoms with Gasteiger partial charge in [-0.2, -0.15) is 0 Å². The van der Waals surface area contributed by atoms with Crippen molar-refractivity contribution in [2.24, 2.45) is 0 Å². The van der Waals surface area contributed by atoms with Crippen LogP contribution < -0.4 is 10.9 Å². The first-order chi connectivity index (χ1) is 6.43. The minimum Gasteiger partial charge on any atom is -0.423 e. The summed E-state index contributed by atoms with van der Waals surface area (Å²) in [6, 6.07) is 2.81. The molecule has 1 aromatic carbocycles. The molecule has 0 unspecified atom stereocenters. The van der Waals surface area contributed by atoms with Crippen LogP contribution in [0.4, 0.5) is 0 Å². The van der Waals surface area contributed by atoms with Crippen molar-refractivity contribution in [3.05, 3.63) is 21.1 Å². The van der Waals surface area contributed by atoms with Crippen molar-refractivity contribution in [3.63, 3.8) is 0 Å². The van der Waals surface area contributed by atoms with E-state index in [4.69, 9.17) is 20.1 Å². The summed E-state index contributed by atoms with van der Waals surface area (Å²) in [5, 5.41) is 35.8. The lowest BCUT2D eigenvalue weighted by molar-refractivity contribution is 0.423. The Hall–Kier alpha value is 0.150. The summed E-state index contributed by atoms with van der Waals surface area (Å²) in [7, 11) is -3.21. The predicted octanol–water partition coefficient (Wildman–Crippen LogP) is -1.43. The standard InChI is InChI=1S/C6H6B2Br2O4/c9-5-1-3(7(11)12)6(10)2-4(5)8(13)14/h1-2,11-14H. The second-order valence-corrected chi connectivity index (χ2v) is 4.35. The van der Waals surface area contributed by atoms with Crippen molar-refractivity contribution < 1.29 is 20.1 Å². The van der Waals surface area contributed by atoms with E-state index in [0.717, 1.165) is 0 Å². The Morgan fingerprint density at radius 1 is 0.786 bits per heavy atom. The molecule has 0 heterocycles. The predicted molar refractivity (Wildman–Crippen MR) is 61.5 cm³/mol. The summed E-state index contributed by atoms with van der Waals surface area (Å²) < 4.78 is 0.803. The molecule has 8 heteroatoms. The number of rotatable bonds is 2. The minimum absolute atomic E-state index is 0.251. The van der Waals surface area contributed by atoms with Gasteiger partial charge in [0.05, 0.1) is 0 Å². The molecule has 74 valence electrons. The summed E-state index contributed by atoms with van der Waals surface area (Å²) in [5.74, 6) is 0. The topological polar surface area (TPSA) is 80.9 Å². The molecule has 4 nitrogen and oxygen atoms in total. The lowest BCUT2D eigenvalue weighted by Crippen LogP contribution is -2.37. The SMILES string of the molecule is OB(O)c1cc(Br)c(B(O)O)cc1Br. The Morgan fingerprint density at radius 2 is 1.07 bits per heavy atom. The van der Waals surface area contributed by atoms with E-state index < -0.39 is 14.2 Å². The Balaban J connectivity index is 3.24. The van der Waals surface area contributed by atoms with Crippen molar-refractivity contribution >= 4 is 57.0 Å². The van der Waals surface area contributed by atoms with E-state index in [9.17, 15) is 0 Å². The number of hydrogen-bond donors (Lipinski definition) is 4. The first-order valence-corrected chi connectivity index (χ1v) is 5.23. The molecule has 0 radical (unpaired) electrons. The van der Waals surface area contributed by atoms with Crippen LogP contribution in [0.1, 0.15) is 0 Å². The van der Waals surface area contributed by atoms with E-state index in [1.807, 2.05) is 0 Å². The minimum atomic E-state index is -1.61. The Labute approximate surface area is 98.1 Å². The molecule has 0 saturated carbocycles. The summed E-state index contributed by atoms with van der Waals surface area (Å²) in [6.45, 7) is 0. The normalized spacial score (nSPS) is 10.1. The summed E-state index contributed by atoms with van der Waals surface area (Å²) >= 11 is 6.17. The molecule has 4 N–H and O–H groups in total. The fourth-order valence-corrected chi connectivity index (χ4v) is 2.11. The molecule has 0 atom stereocenters. The molecule has 0 aliphatic rings. The van der Waals surface area contributed by atoms with Crippen LogP contribution >= 0.6 is 31.9 Å². The van der Waals surface area contributed by atoms with Gasteiger partial charge < -0.3 is 20.1 Å². The third-order valence-corrected chi connectivity index (χ3v) is 3.05. The van der Waals surface area contributed by atoms with E-state index in [-0.39, 0.29) is 10.9 Å². The van der Waals surface area contributed by atoms with Gasteiger partial charge in [0.2, 0.25) is 0 Å². The molecule has 0 amide bonds. The zero-order valence-corrected chi connectivity index (χ0v) is 10.0. The van der Waals surface area contributed by atoms with Crippen LogP contribution in [0.5, 0.6) is 0 Å². The van der Waals surface area contributed by atoms with Gasteiger partial charge in [-0.3, -0.25) is 0 Å². The van der Waals surface area contributed by atoms with Crippen LogP contribution in [0, 0.1) is 0 Å². The molecule has 0 aliphatic heterocycles. The maximum absolute atomic E-state index is 8.94. The second kappa shape index (κ2) is 4.78. The maximum Gasteiger partial charge on any atom is 0.489 e. The van der Waals surface area contributed by atoms with Crippen molar-refractivity contribution in [1.29, 1.82) is 0 Å². The molecule has 14 heavy (non-hydrogen) atoms. The Morgan fingerprint density at radius 3 is 1.29 bits per heavy atom. The van der Waals surface area contributed by atoms with Gasteiger partial charge in [0.1, 0.15) is 0 Å². The zero-order chi connectivity index (χ0) is 10.9. The molecule has 0 bridgehead atoms. The summed E-state index contributed by atoms with van der Waals surface area (Å²) in [5.41, 5.74) is 0.502. The van der Waals surface area contributed by atoms with Gasteiger partial charge in [-0.15, -0.1) is 0 Å². The number of benzene rings is 1. The van der Waals surface area contributed by atoms with Crippen LogP contribution in [0.15, 0.2) is 21.1 Å². The van der Waals surface area contributed by atoms with Gasteiger partial charge in [0.15, 0.2) is 0 Å². The summed E-state index contributed by atoms with van der Waals surface area (Å²) in [4.78, 5) is 0. The van der Waals surface area contributed by atoms with Gasteiger partial charge in [-0.1, -0.05) is 31.9 Å². The number of hydrogen-bond acceptors (Lipinski definition) is 4. The molecule has 0 saturated heterocycles. The molecule has 1 aromatic rings. The Kier molecular flexibility index (Phi) is 4.17. The summed E-state index contributed by atoms with van der Waals surface area (Å²) in [6.07, 6.45) is 0. The zero-order valence-electron chi connectivity index (χ0n) is 6.85. The Bertz CT molecular complexity index is 311. The van der Waals surface area contributed by atoms with Gasteiger partial charge in [0, 0.05) is 8.95 Å². The van der Waals surface area contributed by atoms with Crippen LogP contribution in [0.25, 0.3) is 0 Å². The fraction of sp³-hybridized carbons (Fsp3) is 0. The van der Waals surface area contributed by atoms with Crippen molar-refractivity contribution in [3.8, 4) is 0 Å². The monoisotopic (exact) mass is 322 g/mol. The quantitative estimate of drug-likeness (QED) is 0.503. The smallest absolute Gasteiger partial charge is 0.423 e. The third-order valence-electron chi connectivity index (χ3n) is 1.67. The fourth-order valence-electron chi connectivity index (χ4n) is 0.973. The highest BCUT2D eigenvalue weighted by atomic mass is 79.9. The highest BCUT2D eigenvalue weighted by Crippen LogP contribution is 2.12. The van der Waals surface area contributed by atoms with E-state index in [0.29, 0.717) is 8.95 Å². The van der Waals surface area contributed by atoms with E-state index in [1.54, 1.807) is 0 Å². The molecular formula is C6H6B2Br2O4.